The van der Waals surface area contributed by atoms with Gasteiger partial charge in [-0.1, -0.05) is 27.7 Å². The third kappa shape index (κ3) is 4.09. The number of rotatable bonds is 5. The minimum Gasteiger partial charge on any atom is -0.370 e. The fourth-order valence-corrected chi connectivity index (χ4v) is 3.19. The Hall–Kier alpha value is -0.370. The molecule has 2 nitrogen and oxygen atoms in total. The first-order valence-corrected chi connectivity index (χ1v) is 7.11. The highest BCUT2D eigenvalue weighted by atomic mass is 16.5. The molecule has 0 aromatic rings. The highest BCUT2D eigenvalue weighted by Crippen LogP contribution is 2.34. The maximum Gasteiger partial charge on any atom is 0.164 e. The molecular weight excluding hydrogens is 212 g/mol. The molecule has 1 saturated carbocycles. The fraction of sp³-hybridized carbons (Fsp3) is 0.933. The van der Waals surface area contributed by atoms with Crippen LogP contribution in [0.2, 0.25) is 0 Å². The Morgan fingerprint density at radius 3 is 2.12 bits per heavy atom. The van der Waals surface area contributed by atoms with Crippen molar-refractivity contribution in [1.29, 1.82) is 0 Å². The van der Waals surface area contributed by atoms with E-state index in [1.165, 1.54) is 6.42 Å². The average Bonchev–Trinajstić information content (AvgIpc) is 2.23. The summed E-state index contributed by atoms with van der Waals surface area (Å²) in [5.41, 5.74) is 0. The highest BCUT2D eigenvalue weighted by molar-refractivity contribution is 5.85. The summed E-state index contributed by atoms with van der Waals surface area (Å²) in [5, 5.41) is 0. The maximum absolute atomic E-state index is 12.5. The Labute approximate surface area is 106 Å². The molecule has 17 heavy (non-hydrogen) atoms. The van der Waals surface area contributed by atoms with Crippen LogP contribution in [0.1, 0.15) is 53.9 Å². The van der Waals surface area contributed by atoms with Crippen molar-refractivity contribution in [2.45, 2.75) is 60.0 Å². The van der Waals surface area contributed by atoms with Gasteiger partial charge < -0.3 is 4.74 Å². The number of carbonyl (C=O) groups excluding carboxylic acids is 1. The summed E-state index contributed by atoms with van der Waals surface area (Å²) in [4.78, 5) is 12.5. The van der Waals surface area contributed by atoms with Crippen molar-refractivity contribution < 1.29 is 9.53 Å². The van der Waals surface area contributed by atoms with Gasteiger partial charge >= 0.3 is 0 Å². The largest absolute Gasteiger partial charge is 0.370 e. The molecule has 0 spiro atoms. The van der Waals surface area contributed by atoms with Gasteiger partial charge in [-0.05, 0) is 43.9 Å². The molecule has 1 aliphatic rings. The van der Waals surface area contributed by atoms with Gasteiger partial charge in [0, 0.05) is 12.5 Å². The first kappa shape index (κ1) is 14.7. The first-order valence-electron chi connectivity index (χ1n) is 7.11. The molecule has 0 aromatic carbocycles. The van der Waals surface area contributed by atoms with Gasteiger partial charge in [0.1, 0.15) is 6.10 Å². The molecule has 3 unspecified atom stereocenters. The summed E-state index contributed by atoms with van der Waals surface area (Å²) in [6, 6.07) is 0. The summed E-state index contributed by atoms with van der Waals surface area (Å²) >= 11 is 0. The lowest BCUT2D eigenvalue weighted by Gasteiger charge is -2.33. The van der Waals surface area contributed by atoms with Crippen LogP contribution in [-0.4, -0.2) is 18.5 Å². The number of hydrogen-bond donors (Lipinski definition) is 0. The van der Waals surface area contributed by atoms with E-state index in [4.69, 9.17) is 4.74 Å². The molecule has 1 aliphatic carbocycles. The van der Waals surface area contributed by atoms with Gasteiger partial charge in [0.2, 0.25) is 0 Å². The van der Waals surface area contributed by atoms with E-state index in [1.54, 1.807) is 0 Å². The zero-order valence-corrected chi connectivity index (χ0v) is 12.0. The Morgan fingerprint density at radius 1 is 1.18 bits per heavy atom. The van der Waals surface area contributed by atoms with Crippen LogP contribution in [0.5, 0.6) is 0 Å². The van der Waals surface area contributed by atoms with Gasteiger partial charge in [0.05, 0.1) is 0 Å². The Morgan fingerprint density at radius 2 is 1.71 bits per heavy atom. The van der Waals surface area contributed by atoms with E-state index < -0.39 is 0 Å². The minimum atomic E-state index is -0.192. The lowest BCUT2D eigenvalue weighted by molar-refractivity contribution is -0.139. The number of carbonyl (C=O) groups is 1. The van der Waals surface area contributed by atoms with E-state index in [0.717, 1.165) is 12.8 Å². The van der Waals surface area contributed by atoms with Crippen LogP contribution in [0.3, 0.4) is 0 Å². The molecule has 0 aliphatic heterocycles. The van der Waals surface area contributed by atoms with Crippen LogP contribution in [0.4, 0.5) is 0 Å². The van der Waals surface area contributed by atoms with Crippen LogP contribution in [0.15, 0.2) is 0 Å². The maximum atomic E-state index is 12.5. The molecule has 2 heteroatoms. The first-order chi connectivity index (χ1) is 7.95. The second-order valence-electron chi connectivity index (χ2n) is 6.14. The molecule has 1 fully saturated rings. The Kier molecular flexibility index (Phi) is 5.64. The van der Waals surface area contributed by atoms with Gasteiger partial charge in [0.15, 0.2) is 5.78 Å². The molecule has 0 amide bonds. The number of Topliss-reactive ketones (excluding diaryl/α,β-unsaturated/α-hetero) is 1. The third-order valence-electron chi connectivity index (χ3n) is 3.81. The lowest BCUT2D eigenvalue weighted by Crippen LogP contribution is -2.38. The molecular formula is C15H28O2. The van der Waals surface area contributed by atoms with Gasteiger partial charge in [-0.2, -0.15) is 0 Å². The topological polar surface area (TPSA) is 26.3 Å². The van der Waals surface area contributed by atoms with Crippen LogP contribution in [-0.2, 0) is 9.53 Å². The minimum absolute atomic E-state index is 0.192. The van der Waals surface area contributed by atoms with E-state index in [2.05, 4.69) is 27.7 Å². The van der Waals surface area contributed by atoms with Crippen molar-refractivity contribution in [1.82, 2.24) is 0 Å². The van der Waals surface area contributed by atoms with Crippen LogP contribution in [0.25, 0.3) is 0 Å². The number of ether oxygens (including phenoxy) is 1. The second-order valence-corrected chi connectivity index (χ2v) is 6.14. The molecule has 0 N–H and O–H groups in total. The summed E-state index contributed by atoms with van der Waals surface area (Å²) in [6.07, 6.45) is 3.19. The van der Waals surface area contributed by atoms with E-state index in [0.29, 0.717) is 24.2 Å². The predicted molar refractivity (Wildman–Crippen MR) is 70.9 cm³/mol. The summed E-state index contributed by atoms with van der Waals surface area (Å²) < 4.78 is 5.64. The van der Waals surface area contributed by atoms with Crippen molar-refractivity contribution >= 4 is 5.78 Å². The van der Waals surface area contributed by atoms with Gasteiger partial charge in [-0.25, -0.2) is 0 Å². The molecule has 0 aromatic heterocycles. The van der Waals surface area contributed by atoms with E-state index >= 15 is 0 Å². The molecule has 1 rings (SSSR count). The van der Waals surface area contributed by atoms with E-state index in [1.807, 2.05) is 6.92 Å². The van der Waals surface area contributed by atoms with Gasteiger partial charge in [-0.3, -0.25) is 4.79 Å². The van der Waals surface area contributed by atoms with E-state index in [-0.39, 0.29) is 17.9 Å². The van der Waals surface area contributed by atoms with Crippen LogP contribution < -0.4 is 0 Å². The fourth-order valence-electron chi connectivity index (χ4n) is 3.19. The second kappa shape index (κ2) is 6.53. The summed E-state index contributed by atoms with van der Waals surface area (Å²) in [5.74, 6) is 2.23. The summed E-state index contributed by atoms with van der Waals surface area (Å²) in [6.45, 7) is 11.3. The molecule has 0 bridgehead atoms. The Bertz CT molecular complexity index is 237. The molecule has 3 atom stereocenters. The third-order valence-corrected chi connectivity index (χ3v) is 3.81. The average molecular weight is 240 g/mol. The van der Waals surface area contributed by atoms with Crippen molar-refractivity contribution in [3.8, 4) is 0 Å². The van der Waals surface area contributed by atoms with Crippen molar-refractivity contribution in [2.75, 3.05) is 6.61 Å². The molecule has 0 heterocycles. The molecule has 100 valence electrons. The van der Waals surface area contributed by atoms with Gasteiger partial charge in [-0.15, -0.1) is 0 Å². The quantitative estimate of drug-likeness (QED) is 0.732. The van der Waals surface area contributed by atoms with Crippen LogP contribution >= 0.6 is 0 Å². The highest BCUT2D eigenvalue weighted by Gasteiger charge is 2.34. The smallest absolute Gasteiger partial charge is 0.164 e. The SMILES string of the molecule is CCOC(C(=O)C1CC(C)CC(C)C1)C(C)C. The standard InChI is InChI=1S/C15H28O2/c1-6-17-15(10(2)3)14(16)13-8-11(4)7-12(5)9-13/h10-13,15H,6-9H2,1-5H3. The zero-order valence-electron chi connectivity index (χ0n) is 12.0. The van der Waals surface area contributed by atoms with Crippen LogP contribution in [0, 0.1) is 23.7 Å². The monoisotopic (exact) mass is 240 g/mol. The lowest BCUT2D eigenvalue weighted by atomic mass is 9.73. The van der Waals surface area contributed by atoms with Crippen molar-refractivity contribution in [2.24, 2.45) is 23.7 Å². The normalized spacial score (nSPS) is 31.5. The predicted octanol–water partition coefficient (Wildman–Crippen LogP) is 3.69. The van der Waals surface area contributed by atoms with Gasteiger partial charge in [0.25, 0.3) is 0 Å². The Balaban J connectivity index is 2.66. The summed E-state index contributed by atoms with van der Waals surface area (Å²) in [7, 11) is 0. The van der Waals surface area contributed by atoms with Crippen molar-refractivity contribution in [3.63, 3.8) is 0 Å². The molecule has 0 saturated heterocycles. The zero-order chi connectivity index (χ0) is 13.0. The number of ketones is 1. The van der Waals surface area contributed by atoms with Crippen molar-refractivity contribution in [3.05, 3.63) is 0 Å². The molecule has 0 radical (unpaired) electrons. The number of hydrogen-bond acceptors (Lipinski definition) is 2. The van der Waals surface area contributed by atoms with E-state index in [9.17, 15) is 4.79 Å².